The molecule has 0 spiro atoms. The number of fused-ring (bicyclic) bond motifs is 5. The van der Waals surface area contributed by atoms with E-state index in [-0.39, 0.29) is 105 Å². The number of hydrogen-bond donors (Lipinski definition) is 6. The van der Waals surface area contributed by atoms with Crippen LogP contribution in [0.15, 0.2) is 119 Å². The maximum Gasteiger partial charge on any atom is 0.329 e. The highest BCUT2D eigenvalue weighted by molar-refractivity contribution is 6.39. The minimum Gasteiger partial charge on any atom is -0.459 e. The number of anilines is 3. The molecule has 3 saturated heterocycles. The van der Waals surface area contributed by atoms with Crippen molar-refractivity contribution in [3.8, 4) is 22.4 Å². The minimum atomic E-state index is -2.50. The highest BCUT2D eigenvalue weighted by atomic mass is 16.6. The van der Waals surface area contributed by atoms with Gasteiger partial charge >= 0.3 is 5.97 Å². The molecule has 2 aromatic carbocycles. The Morgan fingerprint density at radius 1 is 0.773 bits per heavy atom. The summed E-state index contributed by atoms with van der Waals surface area (Å²) in [7, 11) is 4.58. The van der Waals surface area contributed by atoms with E-state index in [1.165, 1.54) is 13.4 Å². The molecule has 7 aromatic rings. The smallest absolute Gasteiger partial charge is 0.329 e. The van der Waals surface area contributed by atoms with Gasteiger partial charge in [-0.2, -0.15) is 10.1 Å². The lowest BCUT2D eigenvalue weighted by molar-refractivity contribution is -0.265. The Balaban J connectivity index is 0.566. The molecule has 2 bridgehead atoms. The van der Waals surface area contributed by atoms with E-state index in [9.17, 15) is 43.8 Å². The summed E-state index contributed by atoms with van der Waals surface area (Å²) in [5.41, 5.74) is 26.9. The minimum absolute atomic E-state index is 0.0240. The number of aryl methyl sites for hydroxylation is 2. The Bertz CT molecular complexity index is 5040. The number of piperidine rings is 1. The second kappa shape index (κ2) is 46.2. The van der Waals surface area contributed by atoms with E-state index in [1.807, 2.05) is 91.7 Å². The number of benzene rings is 2. The number of piperazine rings is 1. The quantitative estimate of drug-likeness (QED) is 0.0111. The number of aromatic nitrogens is 10. The van der Waals surface area contributed by atoms with E-state index in [1.54, 1.807) is 75.8 Å². The third-order valence-electron chi connectivity index (χ3n) is 25.3. The summed E-state index contributed by atoms with van der Waals surface area (Å²) in [6.45, 7) is 15.9. The standard InChI is InChI=1S/C93H127N17O18/c1-57-18-11-10-12-19-58(2)76(120-7)50-69-27-23-62(6)93(119,128-69)86(116)89(117)109-33-15-13-22-72(109)90(118)126-77(51-73(111)59(3)45-61(5)84(115)85(122-9)83(114)60(4)44-57)70(94)47-63-24-28-75(78(48-63)121-8)125-55-64-20-17-21-65(46-64)67-52-98-92(99-53-67)107-37-35-106(36-38-107)80(113)30-26-68-54-108(105-103-68)39-41-124-43-42-123-40-31-79(112)97-32-14-16-34-110-88-81(87(95)100-56-101-88)82(104-110)66-25-29-74-71(49-66)102-91(96)127-74/h10-12,17-21,25,29,45-46,49,52-54,56-57,59-60,62-63,69-70,72,75-78,84-85,115,119H,13-16,22-24,26-28,30-44,47-48,50-51,55,94H2,1-9H3,(H2,96,102)(H,97,112)(H2,95,100,101)/b12-10+,18-11+,58-19+,61-45+/t57-,59-,60-,62-,63+,69+,70-,72+,75-,76+,77+,78-,84-,85+,93-/m1/s1. The van der Waals surface area contributed by atoms with Gasteiger partial charge in [0.05, 0.1) is 75.1 Å². The van der Waals surface area contributed by atoms with Gasteiger partial charge in [0.25, 0.3) is 17.7 Å². The van der Waals surface area contributed by atoms with Gasteiger partial charge in [-0.05, 0) is 149 Å². The predicted molar refractivity (Wildman–Crippen MR) is 477 cm³/mol. The molecule has 692 valence electrons. The zero-order valence-corrected chi connectivity index (χ0v) is 75.1. The normalized spacial score (nSPS) is 27.1. The molecule has 5 aliphatic rings. The zero-order chi connectivity index (χ0) is 91.1. The summed E-state index contributed by atoms with van der Waals surface area (Å²) in [6, 6.07) is 11.4. The van der Waals surface area contributed by atoms with Crippen molar-refractivity contribution in [2.24, 2.45) is 35.3 Å². The number of rotatable bonds is 29. The van der Waals surface area contributed by atoms with E-state index in [2.05, 4.69) is 35.5 Å². The molecule has 1 saturated carbocycles. The second-order valence-electron chi connectivity index (χ2n) is 34.7. The number of aliphatic hydroxyl groups excluding tert-OH is 1. The number of esters is 1. The van der Waals surface area contributed by atoms with Crippen molar-refractivity contribution in [1.29, 1.82) is 0 Å². The molecule has 9 N–H and O–H groups in total. The summed E-state index contributed by atoms with van der Waals surface area (Å²) in [4.78, 5) is 126. The number of oxazole rings is 1. The summed E-state index contributed by atoms with van der Waals surface area (Å²) in [6.07, 6.45) is 19.3. The SMILES string of the molecule is CO[C@H]1C[C@@H]2CC[C@@H](C)[C@@](O)(O2)C(=O)C(=O)N2CCCC[C@H]2C(=O)O[C@H]([C@H](N)C[C@@H]2CC[C@@H](OCc3cccc(-c4cnc(N5CCN(C(=O)CCc6cn(CCOCCOCCC(=O)NCCCCn7nc(-c8ccc9oc(N)nc9c8)c8c(N)ncnc87)nn6)CC5)nc4)c3)[C@H](OC)C2)CC(=O)[C@H](C)/C=C(\C)[C@@H](O)[C@@H](OC)C(=O)[C@H](C)C[C@H](C)/C=C/C=C/C=C/1C. The molecule has 128 heavy (non-hydrogen) atoms. The van der Waals surface area contributed by atoms with E-state index in [0.717, 1.165) is 39.1 Å². The lowest BCUT2D eigenvalue weighted by Gasteiger charge is -2.42. The van der Waals surface area contributed by atoms with Crippen molar-refractivity contribution in [3.05, 3.63) is 126 Å². The van der Waals surface area contributed by atoms with E-state index >= 15 is 0 Å². The number of carbonyl (C=O) groups is 7. The number of methoxy groups -OCH3 is 3. The predicted octanol–water partition coefficient (Wildman–Crippen LogP) is 8.56. The summed E-state index contributed by atoms with van der Waals surface area (Å²) < 4.78 is 57.2. The van der Waals surface area contributed by atoms with Crippen LogP contribution in [-0.4, -0.2) is 258 Å². The molecule has 35 heteroatoms. The number of aliphatic hydroxyl groups is 2. The second-order valence-corrected chi connectivity index (χ2v) is 34.7. The Labute approximate surface area is 746 Å². The van der Waals surface area contributed by atoms with Gasteiger partial charge in [0, 0.05) is 153 Å². The first-order valence-corrected chi connectivity index (χ1v) is 44.9. The molecule has 0 unspecified atom stereocenters. The molecule has 9 heterocycles. The fraction of sp³-hybridized carbons (Fsp3) is 0.581. The molecule has 4 aliphatic heterocycles. The number of Topliss-reactive ketones (excluding diaryl/α,β-unsaturated/α-hetero) is 3. The summed E-state index contributed by atoms with van der Waals surface area (Å²) in [5, 5.41) is 40.8. The molecule has 35 nitrogen and oxygen atoms in total. The molecule has 0 radical (unpaired) electrons. The molecular weight excluding hydrogens is 1640 g/mol. The highest BCUT2D eigenvalue weighted by Gasteiger charge is 2.53. The van der Waals surface area contributed by atoms with Gasteiger partial charge in [0.15, 0.2) is 17.0 Å². The number of amides is 3. The maximum absolute atomic E-state index is 14.8. The number of ketones is 3. The maximum atomic E-state index is 14.8. The van der Waals surface area contributed by atoms with E-state index in [4.69, 9.17) is 74.6 Å². The zero-order valence-electron chi connectivity index (χ0n) is 75.1. The molecule has 12 rings (SSSR count). The largest absolute Gasteiger partial charge is 0.459 e. The van der Waals surface area contributed by atoms with Crippen molar-refractivity contribution in [2.75, 3.05) is 103 Å². The van der Waals surface area contributed by atoms with Gasteiger partial charge in [0.2, 0.25) is 23.5 Å². The molecule has 15 atom stereocenters. The van der Waals surface area contributed by atoms with Crippen LogP contribution in [0, 0.1) is 29.6 Å². The number of carbonyl (C=O) groups excluding carboxylic acids is 7. The fourth-order valence-corrected chi connectivity index (χ4v) is 17.7. The van der Waals surface area contributed by atoms with Crippen molar-refractivity contribution in [3.63, 3.8) is 0 Å². The topological polar surface area (TPSA) is 460 Å². The van der Waals surface area contributed by atoms with Crippen LogP contribution in [-0.2, 0) is 97.6 Å². The Hall–Kier alpha value is -10.5. The third kappa shape index (κ3) is 25.3. The highest BCUT2D eigenvalue weighted by Crippen LogP contribution is 2.39. The number of nitrogens with two attached hydrogens (primary N) is 3. The van der Waals surface area contributed by atoms with Gasteiger partial charge < -0.3 is 89.7 Å². The van der Waals surface area contributed by atoms with Crippen LogP contribution in [0.3, 0.4) is 0 Å². The monoisotopic (exact) mass is 1770 g/mol. The molecule has 4 fully saturated rings. The van der Waals surface area contributed by atoms with E-state index in [0.29, 0.717) is 187 Å². The average Bonchev–Trinajstić information content (AvgIpc) is 1.34. The average molecular weight is 1770 g/mol. The van der Waals surface area contributed by atoms with Crippen LogP contribution in [0.1, 0.15) is 156 Å². The number of unbranched alkanes of at least 4 members (excludes halogenated alkanes) is 1. The molecule has 1 aliphatic carbocycles. The van der Waals surface area contributed by atoms with Crippen LogP contribution >= 0.6 is 0 Å². The van der Waals surface area contributed by atoms with Crippen molar-refractivity contribution < 1.29 is 86.1 Å². The van der Waals surface area contributed by atoms with Crippen LogP contribution in [0.5, 0.6) is 0 Å². The van der Waals surface area contributed by atoms with Gasteiger partial charge in [-0.25, -0.2) is 34.1 Å². The number of cyclic esters (lactones) is 1. The van der Waals surface area contributed by atoms with Crippen LogP contribution in [0.4, 0.5) is 17.8 Å². The first kappa shape index (κ1) is 96.6. The number of nitrogens with zero attached hydrogens (tertiary/aromatic N) is 13. The number of nitrogen functional groups attached to an aromatic ring is 2. The molecule has 3 amide bonds. The van der Waals surface area contributed by atoms with Crippen LogP contribution < -0.4 is 27.4 Å². The number of ether oxygens (including phenoxy) is 8. The molecular formula is C93H127N17O18. The number of allylic oxidation sites excluding steroid dienone is 6. The first-order valence-electron chi connectivity index (χ1n) is 44.9. The van der Waals surface area contributed by atoms with Crippen molar-refractivity contribution in [1.82, 2.24) is 64.8 Å². The molecule has 5 aromatic heterocycles. The van der Waals surface area contributed by atoms with Crippen LogP contribution in [0.25, 0.3) is 44.5 Å². The Morgan fingerprint density at radius 2 is 1.56 bits per heavy atom. The lowest BCUT2D eigenvalue weighted by atomic mass is 9.80. The lowest BCUT2D eigenvalue weighted by Crippen LogP contribution is -2.61. The van der Waals surface area contributed by atoms with Crippen LogP contribution in [0.2, 0.25) is 0 Å². The van der Waals surface area contributed by atoms with E-state index < -0.39 is 83.8 Å². The summed E-state index contributed by atoms with van der Waals surface area (Å²) >= 11 is 0. The van der Waals surface area contributed by atoms with Gasteiger partial charge in [-0.1, -0.05) is 87.6 Å². The first-order chi connectivity index (χ1) is 61.7. The van der Waals surface area contributed by atoms with Gasteiger partial charge in [-0.3, -0.25) is 28.8 Å². The third-order valence-corrected chi connectivity index (χ3v) is 25.3. The number of hydrogen-bond acceptors (Lipinski definition) is 30. The van der Waals surface area contributed by atoms with Crippen molar-refractivity contribution >= 4 is 81.0 Å². The summed E-state index contributed by atoms with van der Waals surface area (Å²) in [5.74, 6) is -7.64. The van der Waals surface area contributed by atoms with Gasteiger partial charge in [-0.15, -0.1) is 5.10 Å². The Kier molecular flexibility index (Phi) is 34.9. The van der Waals surface area contributed by atoms with Crippen molar-refractivity contribution in [2.45, 2.75) is 231 Å². The fourth-order valence-electron chi connectivity index (χ4n) is 17.7. The van der Waals surface area contributed by atoms with Gasteiger partial charge in [0.1, 0.15) is 53.5 Å². The Morgan fingerprint density at radius 3 is 2.34 bits per heavy atom. The number of nitrogens with one attached hydrogen (secondary N) is 1.